The zero-order valence-corrected chi connectivity index (χ0v) is 17.5. The number of hydrogen-bond donors (Lipinski definition) is 1. The molecule has 0 saturated carbocycles. The van der Waals surface area contributed by atoms with Crippen molar-refractivity contribution in [2.24, 2.45) is 5.92 Å². The third kappa shape index (κ3) is 5.79. The summed E-state index contributed by atoms with van der Waals surface area (Å²) < 4.78 is 7.42. The van der Waals surface area contributed by atoms with Crippen molar-refractivity contribution in [1.29, 1.82) is 0 Å². The number of imidazole rings is 1. The van der Waals surface area contributed by atoms with Crippen molar-refractivity contribution in [3.05, 3.63) is 30.1 Å². The van der Waals surface area contributed by atoms with Crippen LogP contribution in [0.2, 0.25) is 0 Å². The molecule has 0 bridgehead atoms. The first-order valence-electron chi connectivity index (χ1n) is 10.6. The molecule has 0 aliphatic carbocycles. The third-order valence-electron chi connectivity index (χ3n) is 5.29. The van der Waals surface area contributed by atoms with E-state index in [0.29, 0.717) is 39.4 Å². The number of para-hydroxylation sites is 2. The average Bonchev–Trinajstić information content (AvgIpc) is 3.08. The molecule has 1 aliphatic heterocycles. The highest BCUT2D eigenvalue weighted by Crippen LogP contribution is 2.18. The quantitative estimate of drug-likeness (QED) is 0.656. The fraction of sp³-hybridized carbons (Fsp3) is 0.591. The van der Waals surface area contributed by atoms with Crippen molar-refractivity contribution in [3.63, 3.8) is 0 Å². The Morgan fingerprint density at radius 2 is 1.90 bits per heavy atom. The molecule has 1 aliphatic rings. The molecule has 3 rings (SSSR count). The first kappa shape index (κ1) is 21.3. The molecule has 2 aromatic rings. The molecule has 1 fully saturated rings. The van der Waals surface area contributed by atoms with Gasteiger partial charge in [0.2, 0.25) is 11.8 Å². The maximum atomic E-state index is 12.8. The number of nitrogens with one attached hydrogen (secondary N) is 1. The zero-order valence-electron chi connectivity index (χ0n) is 17.5. The van der Waals surface area contributed by atoms with Crippen molar-refractivity contribution >= 4 is 22.8 Å². The molecular weight excluding hydrogens is 368 g/mol. The van der Waals surface area contributed by atoms with E-state index in [2.05, 4.69) is 9.88 Å². The lowest BCUT2D eigenvalue weighted by molar-refractivity contribution is -0.135. The van der Waals surface area contributed by atoms with E-state index in [0.717, 1.165) is 42.5 Å². The summed E-state index contributed by atoms with van der Waals surface area (Å²) >= 11 is 0. The normalized spacial score (nSPS) is 14.5. The molecule has 0 spiro atoms. The van der Waals surface area contributed by atoms with Crippen molar-refractivity contribution in [2.75, 3.05) is 32.8 Å². The van der Waals surface area contributed by atoms with E-state index >= 15 is 0 Å². The highest BCUT2D eigenvalue weighted by molar-refractivity contribution is 5.81. The highest BCUT2D eigenvalue weighted by atomic mass is 16.5. The fourth-order valence-corrected chi connectivity index (χ4v) is 3.54. The van der Waals surface area contributed by atoms with Crippen molar-refractivity contribution in [1.82, 2.24) is 19.8 Å². The van der Waals surface area contributed by atoms with Crippen molar-refractivity contribution in [3.8, 4) is 0 Å². The van der Waals surface area contributed by atoms with E-state index in [9.17, 15) is 9.59 Å². The van der Waals surface area contributed by atoms with E-state index in [1.165, 1.54) is 0 Å². The van der Waals surface area contributed by atoms with Crippen LogP contribution in [0.1, 0.15) is 38.9 Å². The molecule has 1 saturated heterocycles. The number of rotatable bonds is 9. The molecule has 0 atom stereocenters. The van der Waals surface area contributed by atoms with Gasteiger partial charge in [-0.25, -0.2) is 4.98 Å². The lowest BCUT2D eigenvalue weighted by Crippen LogP contribution is -2.42. The summed E-state index contributed by atoms with van der Waals surface area (Å²) in [6.07, 6.45) is 3.76. The summed E-state index contributed by atoms with van der Waals surface area (Å²) in [6.45, 7) is 7.36. The topological polar surface area (TPSA) is 76.5 Å². The number of hydrogen-bond acceptors (Lipinski definition) is 4. The van der Waals surface area contributed by atoms with Gasteiger partial charge in [-0.05, 0) is 25.0 Å². The second-order valence-electron chi connectivity index (χ2n) is 7.85. The van der Waals surface area contributed by atoms with Gasteiger partial charge >= 0.3 is 0 Å². The maximum Gasteiger partial charge on any atom is 0.242 e. The number of amides is 2. The van der Waals surface area contributed by atoms with Crippen LogP contribution in [0, 0.1) is 5.92 Å². The summed E-state index contributed by atoms with van der Waals surface area (Å²) in [7, 11) is 0. The van der Waals surface area contributed by atoms with Crippen LogP contribution >= 0.6 is 0 Å². The zero-order chi connectivity index (χ0) is 20.6. The molecule has 1 aromatic heterocycles. The molecule has 1 aromatic carbocycles. The van der Waals surface area contributed by atoms with E-state index < -0.39 is 0 Å². The van der Waals surface area contributed by atoms with Gasteiger partial charge in [0.15, 0.2) is 0 Å². The van der Waals surface area contributed by atoms with Crippen LogP contribution in [0.25, 0.3) is 11.0 Å². The minimum atomic E-state index is 0.0268. The lowest BCUT2D eigenvalue weighted by atomic mass is 10.1. The summed E-state index contributed by atoms with van der Waals surface area (Å²) in [6, 6.07) is 7.99. The van der Waals surface area contributed by atoms with Gasteiger partial charge < -0.3 is 19.5 Å². The first-order valence-corrected chi connectivity index (χ1v) is 10.6. The largest absolute Gasteiger partial charge is 0.378 e. The second-order valence-corrected chi connectivity index (χ2v) is 7.85. The lowest BCUT2D eigenvalue weighted by Gasteiger charge is -2.27. The van der Waals surface area contributed by atoms with Gasteiger partial charge in [0, 0.05) is 32.0 Å². The number of nitrogens with zero attached hydrogens (tertiary/aromatic N) is 3. The van der Waals surface area contributed by atoms with Crippen LogP contribution < -0.4 is 5.32 Å². The summed E-state index contributed by atoms with van der Waals surface area (Å²) in [4.78, 5) is 31.0. The number of morpholine rings is 1. The standard InChI is InChI=1S/C22H32N4O3/c1-17(2)22(28)23-11-7-3-4-10-20-24-18-8-5-6-9-19(18)26(20)16-21(27)25-12-14-29-15-13-25/h5-6,8-9,17H,3-4,7,10-16H2,1-2H3,(H,23,28). The molecule has 7 heteroatoms. The van der Waals surface area contributed by atoms with Gasteiger partial charge in [0.05, 0.1) is 24.2 Å². The van der Waals surface area contributed by atoms with Crippen LogP contribution in [0.5, 0.6) is 0 Å². The number of ether oxygens (including phenoxy) is 1. The van der Waals surface area contributed by atoms with E-state index in [1.807, 2.05) is 43.0 Å². The van der Waals surface area contributed by atoms with Crippen molar-refractivity contribution < 1.29 is 14.3 Å². The molecule has 29 heavy (non-hydrogen) atoms. The summed E-state index contributed by atoms with van der Waals surface area (Å²) in [5, 5.41) is 2.96. The van der Waals surface area contributed by atoms with Crippen LogP contribution in [-0.2, 0) is 27.3 Å². The van der Waals surface area contributed by atoms with Gasteiger partial charge in [-0.2, -0.15) is 0 Å². The smallest absolute Gasteiger partial charge is 0.242 e. The Labute approximate surface area is 172 Å². The average molecular weight is 401 g/mol. The Hall–Kier alpha value is -2.41. The molecular formula is C22H32N4O3. The number of unbranched alkanes of at least 4 members (excludes halogenated alkanes) is 2. The Kier molecular flexibility index (Phi) is 7.63. The Bertz CT molecular complexity index is 825. The van der Waals surface area contributed by atoms with Gasteiger partial charge in [-0.1, -0.05) is 32.4 Å². The van der Waals surface area contributed by atoms with Crippen LogP contribution in [0.4, 0.5) is 0 Å². The molecule has 2 heterocycles. The van der Waals surface area contributed by atoms with Gasteiger partial charge in [0.25, 0.3) is 0 Å². The second kappa shape index (κ2) is 10.4. The number of carbonyl (C=O) groups excluding carboxylic acids is 2. The molecule has 0 unspecified atom stereocenters. The summed E-state index contributed by atoms with van der Waals surface area (Å²) in [5.41, 5.74) is 1.94. The van der Waals surface area contributed by atoms with Gasteiger partial charge in [-0.3, -0.25) is 9.59 Å². The number of benzene rings is 1. The maximum absolute atomic E-state index is 12.8. The molecule has 2 amide bonds. The molecule has 158 valence electrons. The first-order chi connectivity index (χ1) is 14.1. The van der Waals surface area contributed by atoms with Gasteiger partial charge in [-0.15, -0.1) is 0 Å². The number of carbonyl (C=O) groups is 2. The Morgan fingerprint density at radius 3 is 2.66 bits per heavy atom. The van der Waals surface area contributed by atoms with E-state index in [4.69, 9.17) is 9.72 Å². The van der Waals surface area contributed by atoms with Crippen LogP contribution in [-0.4, -0.2) is 59.1 Å². The fourth-order valence-electron chi connectivity index (χ4n) is 3.54. The van der Waals surface area contributed by atoms with Crippen molar-refractivity contribution in [2.45, 2.75) is 46.1 Å². The molecule has 1 N–H and O–H groups in total. The predicted molar refractivity (Wildman–Crippen MR) is 113 cm³/mol. The minimum absolute atomic E-state index is 0.0268. The monoisotopic (exact) mass is 400 g/mol. The van der Waals surface area contributed by atoms with E-state index in [-0.39, 0.29) is 17.7 Å². The highest BCUT2D eigenvalue weighted by Gasteiger charge is 2.20. The number of fused-ring (bicyclic) bond motifs is 1. The van der Waals surface area contributed by atoms with Gasteiger partial charge in [0.1, 0.15) is 12.4 Å². The minimum Gasteiger partial charge on any atom is -0.378 e. The van der Waals surface area contributed by atoms with Crippen LogP contribution in [0.3, 0.4) is 0 Å². The number of aryl methyl sites for hydroxylation is 1. The predicted octanol–water partition coefficient (Wildman–Crippen LogP) is 2.38. The SMILES string of the molecule is CC(C)C(=O)NCCCCCc1nc2ccccc2n1CC(=O)N1CCOCC1. The Balaban J connectivity index is 1.58. The summed E-state index contributed by atoms with van der Waals surface area (Å²) in [5.74, 6) is 1.21. The Morgan fingerprint density at radius 1 is 1.14 bits per heavy atom. The third-order valence-corrected chi connectivity index (χ3v) is 5.29. The molecule has 0 radical (unpaired) electrons. The number of aromatic nitrogens is 2. The van der Waals surface area contributed by atoms with E-state index in [1.54, 1.807) is 0 Å². The molecule has 7 nitrogen and oxygen atoms in total. The van der Waals surface area contributed by atoms with Crippen LogP contribution in [0.15, 0.2) is 24.3 Å².